The highest BCUT2D eigenvalue weighted by Crippen LogP contribution is 2.02. The van der Waals surface area contributed by atoms with Gasteiger partial charge in [0.05, 0.1) is 12.5 Å². The number of aromatic nitrogens is 2. The fraction of sp³-hybridized carbons (Fsp3) is 0. The number of anilines is 1. The Bertz CT molecular complexity index is 535. The van der Waals surface area contributed by atoms with Crippen molar-refractivity contribution in [2.75, 3.05) is 5.73 Å². The van der Waals surface area contributed by atoms with E-state index in [2.05, 4.69) is 20.5 Å². The Labute approximate surface area is 96.4 Å². The first-order chi connectivity index (χ1) is 8.27. The average Bonchev–Trinajstić information content (AvgIpc) is 2.82. The second kappa shape index (κ2) is 4.88. The number of nitrogens with two attached hydrogens (primary N) is 1. The molecule has 2 rings (SSSR count). The zero-order chi connectivity index (χ0) is 12.1. The average molecular weight is 231 g/mol. The topological polar surface area (TPSA) is 106 Å². The summed E-state index contributed by atoms with van der Waals surface area (Å²) < 4.78 is 4.99. The van der Waals surface area contributed by atoms with Gasteiger partial charge in [-0.2, -0.15) is 5.10 Å². The zero-order valence-electron chi connectivity index (χ0n) is 8.70. The zero-order valence-corrected chi connectivity index (χ0v) is 8.70. The number of rotatable bonds is 3. The molecule has 0 unspecified atom stereocenters. The van der Waals surface area contributed by atoms with E-state index in [4.69, 9.17) is 10.2 Å². The summed E-state index contributed by atoms with van der Waals surface area (Å²) in [4.78, 5) is 19.1. The Kier molecular flexibility index (Phi) is 3.10. The van der Waals surface area contributed by atoms with Crippen molar-refractivity contribution in [1.82, 2.24) is 15.4 Å². The molecule has 2 heterocycles. The third-order valence-corrected chi connectivity index (χ3v) is 1.84. The van der Waals surface area contributed by atoms with Crippen LogP contribution in [0.4, 0.5) is 5.82 Å². The highest BCUT2D eigenvalue weighted by Gasteiger charge is 2.10. The molecule has 0 spiro atoms. The predicted octanol–water partition coefficient (Wildman–Crippen LogP) is 0.416. The minimum absolute atomic E-state index is 0.0316. The van der Waals surface area contributed by atoms with Crippen molar-refractivity contribution in [3.63, 3.8) is 0 Å². The molecule has 2 aromatic heterocycles. The van der Waals surface area contributed by atoms with E-state index in [0.29, 0.717) is 5.76 Å². The second-order valence-corrected chi connectivity index (χ2v) is 3.00. The Morgan fingerprint density at radius 1 is 1.47 bits per heavy atom. The molecule has 0 bridgehead atoms. The fourth-order valence-corrected chi connectivity index (χ4v) is 1.10. The molecule has 0 saturated carbocycles. The molecule has 3 N–H and O–H groups in total. The van der Waals surface area contributed by atoms with E-state index >= 15 is 0 Å². The summed E-state index contributed by atoms with van der Waals surface area (Å²) in [7, 11) is 0. The van der Waals surface area contributed by atoms with Crippen molar-refractivity contribution in [3.05, 3.63) is 42.2 Å². The van der Waals surface area contributed by atoms with Crippen LogP contribution >= 0.6 is 0 Å². The van der Waals surface area contributed by atoms with Gasteiger partial charge < -0.3 is 10.2 Å². The van der Waals surface area contributed by atoms with E-state index in [0.717, 1.165) is 0 Å². The third kappa shape index (κ3) is 2.65. The minimum atomic E-state index is -0.529. The molecule has 0 aliphatic carbocycles. The number of hydrogen-bond acceptors (Lipinski definition) is 6. The molecular weight excluding hydrogens is 222 g/mol. The molecule has 86 valence electrons. The molecule has 1 amide bonds. The van der Waals surface area contributed by atoms with Gasteiger partial charge in [-0.3, -0.25) is 4.79 Å². The molecule has 7 nitrogen and oxygen atoms in total. The van der Waals surface area contributed by atoms with Crippen molar-refractivity contribution < 1.29 is 9.21 Å². The van der Waals surface area contributed by atoms with E-state index in [1.165, 1.54) is 24.9 Å². The van der Waals surface area contributed by atoms with Crippen LogP contribution in [0.5, 0.6) is 0 Å². The number of carbonyl (C=O) groups is 1. The SMILES string of the molecule is Nc1nccnc1C(=O)N/N=C/c1ccco1. The van der Waals surface area contributed by atoms with Gasteiger partial charge in [0.2, 0.25) is 0 Å². The van der Waals surface area contributed by atoms with Gasteiger partial charge in [-0.1, -0.05) is 0 Å². The summed E-state index contributed by atoms with van der Waals surface area (Å²) in [5.41, 5.74) is 7.78. The maximum Gasteiger partial charge on any atom is 0.293 e. The summed E-state index contributed by atoms with van der Waals surface area (Å²) in [6.45, 7) is 0. The van der Waals surface area contributed by atoms with Crippen LogP contribution < -0.4 is 11.2 Å². The summed E-state index contributed by atoms with van der Waals surface area (Å²) in [5, 5.41) is 3.69. The van der Waals surface area contributed by atoms with Crippen LogP contribution in [0.3, 0.4) is 0 Å². The quantitative estimate of drug-likeness (QED) is 0.588. The van der Waals surface area contributed by atoms with E-state index < -0.39 is 5.91 Å². The second-order valence-electron chi connectivity index (χ2n) is 3.00. The lowest BCUT2D eigenvalue weighted by atomic mass is 10.4. The molecule has 0 aromatic carbocycles. The lowest BCUT2D eigenvalue weighted by Gasteiger charge is -2.00. The van der Waals surface area contributed by atoms with Crippen LogP contribution in [0.2, 0.25) is 0 Å². The Hall–Kier alpha value is -2.70. The van der Waals surface area contributed by atoms with Gasteiger partial charge >= 0.3 is 0 Å². The minimum Gasteiger partial charge on any atom is -0.463 e. The molecule has 0 aliphatic rings. The van der Waals surface area contributed by atoms with E-state index in [1.54, 1.807) is 12.1 Å². The van der Waals surface area contributed by atoms with Crippen molar-refractivity contribution in [2.45, 2.75) is 0 Å². The van der Waals surface area contributed by atoms with Crippen LogP contribution in [0.1, 0.15) is 16.2 Å². The Morgan fingerprint density at radius 3 is 3.00 bits per heavy atom. The molecule has 0 aliphatic heterocycles. The van der Waals surface area contributed by atoms with Gasteiger partial charge in [0.1, 0.15) is 5.76 Å². The summed E-state index contributed by atoms with van der Waals surface area (Å²) >= 11 is 0. The van der Waals surface area contributed by atoms with Gasteiger partial charge in [-0.05, 0) is 12.1 Å². The van der Waals surface area contributed by atoms with Crippen LogP contribution in [0.15, 0.2) is 40.3 Å². The molecular formula is C10H9N5O2. The number of hydrogen-bond donors (Lipinski definition) is 2. The fourth-order valence-electron chi connectivity index (χ4n) is 1.10. The first-order valence-corrected chi connectivity index (χ1v) is 4.71. The standard InChI is InChI=1S/C10H9N5O2/c11-9-8(12-3-4-13-9)10(16)15-14-6-7-2-1-5-17-7/h1-6H,(H2,11,13)(H,15,16)/b14-6+. The number of nitrogens with one attached hydrogen (secondary N) is 1. The summed E-state index contributed by atoms with van der Waals surface area (Å²) in [6.07, 6.45) is 5.65. The third-order valence-electron chi connectivity index (χ3n) is 1.84. The number of hydrazone groups is 1. The Balaban J connectivity index is 2.01. The van der Waals surface area contributed by atoms with E-state index in [1.807, 2.05) is 0 Å². The van der Waals surface area contributed by atoms with E-state index in [-0.39, 0.29) is 11.5 Å². The number of nitrogens with zero attached hydrogens (tertiary/aromatic N) is 3. The van der Waals surface area contributed by atoms with Crippen molar-refractivity contribution in [2.24, 2.45) is 5.10 Å². The van der Waals surface area contributed by atoms with Crippen molar-refractivity contribution in [1.29, 1.82) is 0 Å². The number of carbonyl (C=O) groups excluding carboxylic acids is 1. The van der Waals surface area contributed by atoms with Crippen LogP contribution in [-0.4, -0.2) is 22.1 Å². The van der Waals surface area contributed by atoms with Gasteiger partial charge in [-0.25, -0.2) is 15.4 Å². The lowest BCUT2D eigenvalue weighted by Crippen LogP contribution is -2.21. The van der Waals surface area contributed by atoms with Gasteiger partial charge in [0, 0.05) is 12.4 Å². The van der Waals surface area contributed by atoms with Gasteiger partial charge in [-0.15, -0.1) is 0 Å². The van der Waals surface area contributed by atoms with Gasteiger partial charge in [0.25, 0.3) is 5.91 Å². The summed E-state index contributed by atoms with van der Waals surface area (Å²) in [5.74, 6) is 0.0500. The predicted molar refractivity (Wildman–Crippen MR) is 60.2 cm³/mol. The van der Waals surface area contributed by atoms with Crippen LogP contribution in [0.25, 0.3) is 0 Å². The molecule has 0 fully saturated rings. The summed E-state index contributed by atoms with van der Waals surface area (Å²) in [6, 6.07) is 3.41. The molecule has 7 heteroatoms. The monoisotopic (exact) mass is 231 g/mol. The molecule has 0 saturated heterocycles. The largest absolute Gasteiger partial charge is 0.463 e. The van der Waals surface area contributed by atoms with Crippen molar-refractivity contribution >= 4 is 17.9 Å². The van der Waals surface area contributed by atoms with Crippen molar-refractivity contribution in [3.8, 4) is 0 Å². The number of amides is 1. The van der Waals surface area contributed by atoms with Gasteiger partial charge in [0.15, 0.2) is 11.5 Å². The molecule has 17 heavy (non-hydrogen) atoms. The molecule has 2 aromatic rings. The van der Waals surface area contributed by atoms with Crippen LogP contribution in [-0.2, 0) is 0 Å². The van der Waals surface area contributed by atoms with E-state index in [9.17, 15) is 4.79 Å². The maximum absolute atomic E-state index is 11.6. The highest BCUT2D eigenvalue weighted by molar-refractivity contribution is 5.96. The van der Waals surface area contributed by atoms with Crippen LogP contribution in [0, 0.1) is 0 Å². The molecule has 0 radical (unpaired) electrons. The highest BCUT2D eigenvalue weighted by atomic mass is 16.3. The Morgan fingerprint density at radius 2 is 2.29 bits per heavy atom. The maximum atomic E-state index is 11.6. The lowest BCUT2D eigenvalue weighted by molar-refractivity contribution is 0.0951. The first kappa shape index (κ1) is 10.8. The molecule has 0 atom stereocenters. The number of nitrogen functional groups attached to an aromatic ring is 1. The number of furan rings is 1. The normalized spacial score (nSPS) is 10.6. The first-order valence-electron chi connectivity index (χ1n) is 4.71. The smallest absolute Gasteiger partial charge is 0.293 e.